The molecule has 1 aliphatic rings. The van der Waals surface area contributed by atoms with E-state index in [4.69, 9.17) is 4.74 Å². The summed E-state index contributed by atoms with van der Waals surface area (Å²) >= 11 is 0. The maximum atomic E-state index is 9.52. The molecule has 1 saturated carbocycles. The average molecular weight is 431 g/mol. The van der Waals surface area contributed by atoms with E-state index in [-0.39, 0.29) is 6.10 Å². The maximum absolute atomic E-state index is 9.52. The zero-order valence-corrected chi connectivity index (χ0v) is 18.4. The third kappa shape index (κ3) is 4.27. The molecule has 0 spiro atoms. The van der Waals surface area contributed by atoms with E-state index in [1.807, 2.05) is 55.7 Å². The van der Waals surface area contributed by atoms with Crippen LogP contribution in [0, 0.1) is 26.7 Å². The van der Waals surface area contributed by atoms with Crippen molar-refractivity contribution in [3.8, 4) is 16.9 Å². The summed E-state index contributed by atoms with van der Waals surface area (Å²) in [6.45, 7) is 6.38. The van der Waals surface area contributed by atoms with Crippen LogP contribution in [-0.4, -0.2) is 42.4 Å². The first kappa shape index (κ1) is 20.4. The Balaban J connectivity index is 1.41. The highest BCUT2D eigenvalue weighted by Gasteiger charge is 2.27. The van der Waals surface area contributed by atoms with Gasteiger partial charge in [-0.05, 0) is 63.3 Å². The molecule has 0 radical (unpaired) electrons. The molecule has 0 aromatic carbocycles. The standard InChI is InChI=1S/C24H26N6O2/c1-14-6-21(22(12-25-14)32-13-17-8-20(31)9-17)18-4-5-30-19(10-18)11-24(29-30)28-23-7-15(2)26-16(3)27-23/h4-7,10-12,17,20,31H,8-9,13H2,1-3H3,(H,26,27,28,29). The lowest BCUT2D eigenvalue weighted by molar-refractivity contribution is 0.0203. The SMILES string of the molecule is Cc1cc(-c2ccn3nc(Nc4cc(C)nc(C)n4)cc3c2)c(OCC2CC(O)C2)cn1. The molecule has 2 N–H and O–H groups in total. The molecular formula is C24H26N6O2. The number of aliphatic hydroxyl groups is 1. The minimum absolute atomic E-state index is 0.179. The van der Waals surface area contributed by atoms with E-state index < -0.39 is 0 Å². The smallest absolute Gasteiger partial charge is 0.154 e. The minimum atomic E-state index is -0.179. The quantitative estimate of drug-likeness (QED) is 0.477. The second-order valence-corrected chi connectivity index (χ2v) is 8.51. The fourth-order valence-electron chi connectivity index (χ4n) is 4.07. The predicted molar refractivity (Wildman–Crippen MR) is 122 cm³/mol. The van der Waals surface area contributed by atoms with Gasteiger partial charge < -0.3 is 15.2 Å². The van der Waals surface area contributed by atoms with Gasteiger partial charge in [-0.2, -0.15) is 5.10 Å². The molecule has 1 fully saturated rings. The molecule has 0 unspecified atom stereocenters. The third-order valence-corrected chi connectivity index (χ3v) is 5.69. The van der Waals surface area contributed by atoms with Gasteiger partial charge in [0.05, 0.1) is 24.4 Å². The Morgan fingerprint density at radius 2 is 1.91 bits per heavy atom. The predicted octanol–water partition coefficient (Wildman–Crippen LogP) is 4.00. The van der Waals surface area contributed by atoms with Crippen molar-refractivity contribution in [2.45, 2.75) is 39.7 Å². The fraction of sp³-hybridized carbons (Fsp3) is 0.333. The van der Waals surface area contributed by atoms with Gasteiger partial charge in [0.25, 0.3) is 0 Å². The Kier molecular flexibility index (Phi) is 5.22. The molecule has 8 nitrogen and oxygen atoms in total. The van der Waals surface area contributed by atoms with E-state index in [1.165, 1.54) is 0 Å². The number of hydrogen-bond donors (Lipinski definition) is 2. The van der Waals surface area contributed by atoms with Crippen molar-refractivity contribution >= 4 is 17.2 Å². The van der Waals surface area contributed by atoms with Crippen LogP contribution in [0.3, 0.4) is 0 Å². The number of aliphatic hydroxyl groups excluding tert-OH is 1. The zero-order valence-electron chi connectivity index (χ0n) is 18.4. The molecule has 0 amide bonds. The maximum Gasteiger partial charge on any atom is 0.154 e. The molecule has 8 heteroatoms. The van der Waals surface area contributed by atoms with Crippen LogP contribution in [-0.2, 0) is 0 Å². The summed E-state index contributed by atoms with van der Waals surface area (Å²) in [5.41, 5.74) is 4.82. The average Bonchev–Trinajstić information content (AvgIpc) is 3.11. The summed E-state index contributed by atoms with van der Waals surface area (Å²) < 4.78 is 7.93. The van der Waals surface area contributed by atoms with Gasteiger partial charge in [-0.3, -0.25) is 4.98 Å². The zero-order chi connectivity index (χ0) is 22.2. The van der Waals surface area contributed by atoms with Crippen LogP contribution in [0.25, 0.3) is 16.6 Å². The Morgan fingerprint density at radius 1 is 1.06 bits per heavy atom. The molecule has 4 heterocycles. The number of anilines is 2. The van der Waals surface area contributed by atoms with Crippen molar-refractivity contribution in [2.24, 2.45) is 5.92 Å². The van der Waals surface area contributed by atoms with Crippen LogP contribution in [0.1, 0.15) is 30.1 Å². The van der Waals surface area contributed by atoms with Crippen molar-refractivity contribution in [2.75, 3.05) is 11.9 Å². The molecule has 164 valence electrons. The molecule has 0 bridgehead atoms. The van der Waals surface area contributed by atoms with Crippen LogP contribution in [0.4, 0.5) is 11.6 Å². The number of aromatic nitrogens is 5. The van der Waals surface area contributed by atoms with Crippen LogP contribution in [0.2, 0.25) is 0 Å². The van der Waals surface area contributed by atoms with Gasteiger partial charge >= 0.3 is 0 Å². The van der Waals surface area contributed by atoms with E-state index in [0.29, 0.717) is 18.3 Å². The van der Waals surface area contributed by atoms with Crippen molar-refractivity contribution in [3.05, 3.63) is 59.9 Å². The molecule has 1 aliphatic carbocycles. The molecule has 0 aliphatic heterocycles. The first-order chi connectivity index (χ1) is 15.4. The lowest BCUT2D eigenvalue weighted by atomic mass is 9.83. The molecule has 0 saturated heterocycles. The van der Waals surface area contributed by atoms with Crippen LogP contribution in [0.5, 0.6) is 5.75 Å². The first-order valence-electron chi connectivity index (χ1n) is 10.8. The molecule has 32 heavy (non-hydrogen) atoms. The van der Waals surface area contributed by atoms with Gasteiger partial charge in [0.2, 0.25) is 0 Å². The number of nitrogens with zero attached hydrogens (tertiary/aromatic N) is 5. The molecular weight excluding hydrogens is 404 g/mol. The number of pyridine rings is 2. The highest BCUT2D eigenvalue weighted by molar-refractivity contribution is 5.75. The summed E-state index contributed by atoms with van der Waals surface area (Å²) in [7, 11) is 0. The van der Waals surface area contributed by atoms with Gasteiger partial charge in [0.1, 0.15) is 17.4 Å². The number of rotatable bonds is 6. The van der Waals surface area contributed by atoms with Crippen molar-refractivity contribution < 1.29 is 9.84 Å². The lowest BCUT2D eigenvalue weighted by Crippen LogP contribution is -2.32. The molecule has 4 aromatic heterocycles. The number of aryl methyl sites for hydroxylation is 3. The lowest BCUT2D eigenvalue weighted by Gasteiger charge is -2.31. The molecule has 0 atom stereocenters. The molecule has 4 aromatic rings. The van der Waals surface area contributed by atoms with Gasteiger partial charge in [0.15, 0.2) is 5.82 Å². The second-order valence-electron chi connectivity index (χ2n) is 8.51. The topological polar surface area (TPSA) is 97.5 Å². The van der Waals surface area contributed by atoms with Gasteiger partial charge in [-0.15, -0.1) is 0 Å². The Hall–Kier alpha value is -3.52. The minimum Gasteiger partial charge on any atom is -0.491 e. The van der Waals surface area contributed by atoms with Crippen LogP contribution < -0.4 is 10.1 Å². The third-order valence-electron chi connectivity index (χ3n) is 5.69. The number of hydrogen-bond acceptors (Lipinski definition) is 7. The van der Waals surface area contributed by atoms with E-state index in [0.717, 1.165) is 58.3 Å². The normalized spacial score (nSPS) is 17.9. The summed E-state index contributed by atoms with van der Waals surface area (Å²) in [5, 5.41) is 17.4. The number of fused-ring (bicyclic) bond motifs is 1. The van der Waals surface area contributed by atoms with Crippen molar-refractivity contribution in [1.29, 1.82) is 0 Å². The van der Waals surface area contributed by atoms with Gasteiger partial charge in [-0.25, -0.2) is 14.5 Å². The van der Waals surface area contributed by atoms with Gasteiger partial charge in [0, 0.05) is 35.3 Å². The number of ether oxygens (including phenoxy) is 1. The largest absolute Gasteiger partial charge is 0.491 e. The van der Waals surface area contributed by atoms with Crippen LogP contribution >= 0.6 is 0 Å². The fourth-order valence-corrected chi connectivity index (χ4v) is 4.07. The van der Waals surface area contributed by atoms with Crippen molar-refractivity contribution in [3.63, 3.8) is 0 Å². The highest BCUT2D eigenvalue weighted by atomic mass is 16.5. The summed E-state index contributed by atoms with van der Waals surface area (Å²) in [6.07, 6.45) is 5.15. The van der Waals surface area contributed by atoms with Crippen LogP contribution in [0.15, 0.2) is 42.7 Å². The summed E-state index contributed by atoms with van der Waals surface area (Å²) in [6, 6.07) is 10.0. The van der Waals surface area contributed by atoms with Crippen molar-refractivity contribution in [1.82, 2.24) is 24.6 Å². The summed E-state index contributed by atoms with van der Waals surface area (Å²) in [4.78, 5) is 13.2. The molecule has 5 rings (SSSR count). The van der Waals surface area contributed by atoms with Gasteiger partial charge in [-0.1, -0.05) is 0 Å². The summed E-state index contributed by atoms with van der Waals surface area (Å²) in [5.74, 6) is 3.31. The Bertz CT molecular complexity index is 1260. The van der Waals surface area contributed by atoms with E-state index in [9.17, 15) is 5.11 Å². The Morgan fingerprint density at radius 3 is 2.69 bits per heavy atom. The monoisotopic (exact) mass is 430 g/mol. The van der Waals surface area contributed by atoms with E-state index in [1.54, 1.807) is 6.20 Å². The van der Waals surface area contributed by atoms with E-state index >= 15 is 0 Å². The number of nitrogens with one attached hydrogen (secondary N) is 1. The second kappa shape index (κ2) is 8.20. The Labute approximate surface area is 186 Å². The first-order valence-corrected chi connectivity index (χ1v) is 10.8. The van der Waals surface area contributed by atoms with E-state index in [2.05, 4.69) is 31.4 Å². The highest BCUT2D eigenvalue weighted by Crippen LogP contribution is 2.33.